The number of hydrogen-bond donors (Lipinski definition) is 1. The Morgan fingerprint density at radius 2 is 1.34 bits per heavy atom. The summed E-state index contributed by atoms with van der Waals surface area (Å²) in [6.07, 6.45) is 0. The topological polar surface area (TPSA) is 12.0 Å². The Morgan fingerprint density at radius 3 is 2.17 bits per heavy atom. The summed E-state index contributed by atoms with van der Waals surface area (Å²) in [5, 5.41) is 3.67. The molecule has 0 aromatic heterocycles. The van der Waals surface area contributed by atoms with Crippen LogP contribution in [0.1, 0.15) is 30.5 Å². The van der Waals surface area contributed by atoms with Crippen LogP contribution in [-0.4, -0.2) is 0 Å². The minimum Gasteiger partial charge on any atom is -0.355 e. The summed E-state index contributed by atoms with van der Waals surface area (Å²) >= 11 is 0. The average molecular weight is 376 g/mol. The maximum Gasteiger partial charge on any atom is 0.0420 e. The van der Waals surface area contributed by atoms with Crippen LogP contribution < -0.4 is 5.32 Å². The Labute approximate surface area is 173 Å². The molecule has 0 amide bonds. The van der Waals surface area contributed by atoms with E-state index >= 15 is 0 Å². The van der Waals surface area contributed by atoms with E-state index < -0.39 is 0 Å². The summed E-state index contributed by atoms with van der Waals surface area (Å²) in [6.45, 7) is 6.85. The predicted molar refractivity (Wildman–Crippen MR) is 124 cm³/mol. The van der Waals surface area contributed by atoms with Crippen molar-refractivity contribution in [2.24, 2.45) is 0 Å². The summed E-state index contributed by atoms with van der Waals surface area (Å²) in [4.78, 5) is 0. The minimum absolute atomic E-state index is 0.0441. The van der Waals surface area contributed by atoms with E-state index in [0.717, 1.165) is 5.69 Å². The fraction of sp³-hybridized carbons (Fsp3) is 0.143. The van der Waals surface area contributed by atoms with Gasteiger partial charge in [0.05, 0.1) is 0 Å². The number of aryl methyl sites for hydroxylation is 1. The molecule has 1 nitrogen and oxygen atoms in total. The lowest BCUT2D eigenvalue weighted by molar-refractivity contribution is 0.660. The van der Waals surface area contributed by atoms with Gasteiger partial charge in [-0.25, -0.2) is 0 Å². The molecule has 1 aliphatic rings. The van der Waals surface area contributed by atoms with Crippen LogP contribution in [-0.2, 0) is 5.41 Å². The Balaban J connectivity index is 1.55. The summed E-state index contributed by atoms with van der Waals surface area (Å²) < 4.78 is 0. The van der Waals surface area contributed by atoms with Crippen molar-refractivity contribution in [2.75, 3.05) is 5.32 Å². The molecular weight excluding hydrogens is 350 g/mol. The maximum atomic E-state index is 3.67. The van der Waals surface area contributed by atoms with Crippen molar-refractivity contribution in [3.05, 3.63) is 108 Å². The summed E-state index contributed by atoms with van der Waals surface area (Å²) in [6, 6.07) is 32.6. The van der Waals surface area contributed by atoms with Crippen LogP contribution >= 0.6 is 0 Å². The molecule has 0 radical (unpaired) electrons. The number of nitrogens with one attached hydrogen (secondary N) is 1. The van der Waals surface area contributed by atoms with Gasteiger partial charge in [0.25, 0.3) is 0 Å². The van der Waals surface area contributed by atoms with E-state index in [9.17, 15) is 0 Å². The fourth-order valence-electron chi connectivity index (χ4n) is 4.55. The summed E-state index contributed by atoms with van der Waals surface area (Å²) in [5.74, 6) is 0. The fourth-order valence-corrected chi connectivity index (χ4v) is 4.55. The lowest BCUT2D eigenvalue weighted by Crippen LogP contribution is -2.15. The molecule has 0 spiro atoms. The second-order valence-corrected chi connectivity index (χ2v) is 8.46. The van der Waals surface area contributed by atoms with Crippen molar-refractivity contribution >= 4 is 11.4 Å². The Hall–Kier alpha value is -3.32. The number of benzene rings is 4. The van der Waals surface area contributed by atoms with Gasteiger partial charge in [0.15, 0.2) is 0 Å². The van der Waals surface area contributed by atoms with Gasteiger partial charge in [-0.2, -0.15) is 0 Å². The molecule has 1 heteroatoms. The van der Waals surface area contributed by atoms with Crippen LogP contribution in [0.2, 0.25) is 0 Å². The molecule has 1 aliphatic carbocycles. The number of fused-ring (bicyclic) bond motifs is 3. The average Bonchev–Trinajstić information content (AvgIpc) is 2.96. The van der Waals surface area contributed by atoms with Crippen molar-refractivity contribution in [1.29, 1.82) is 0 Å². The van der Waals surface area contributed by atoms with Gasteiger partial charge in [-0.1, -0.05) is 86.6 Å². The minimum atomic E-state index is 0.0441. The van der Waals surface area contributed by atoms with E-state index in [4.69, 9.17) is 0 Å². The van der Waals surface area contributed by atoms with Gasteiger partial charge < -0.3 is 5.32 Å². The zero-order valence-electron chi connectivity index (χ0n) is 17.2. The highest BCUT2D eigenvalue weighted by molar-refractivity contribution is 5.85. The molecule has 0 saturated carbocycles. The lowest BCUT2D eigenvalue weighted by Gasteiger charge is -2.22. The molecule has 0 atom stereocenters. The van der Waals surface area contributed by atoms with Crippen LogP contribution in [0.5, 0.6) is 0 Å². The molecule has 0 bridgehead atoms. The molecule has 142 valence electrons. The second kappa shape index (κ2) is 6.63. The predicted octanol–water partition coefficient (Wildman–Crippen LogP) is 7.71. The van der Waals surface area contributed by atoms with E-state index in [0.29, 0.717) is 0 Å². The third-order valence-electron chi connectivity index (χ3n) is 6.18. The van der Waals surface area contributed by atoms with Crippen LogP contribution in [0.15, 0.2) is 91.0 Å². The van der Waals surface area contributed by atoms with Crippen molar-refractivity contribution in [1.82, 2.24) is 0 Å². The number of anilines is 2. The van der Waals surface area contributed by atoms with Crippen LogP contribution in [0, 0.1) is 6.92 Å². The van der Waals surface area contributed by atoms with E-state index in [1.807, 2.05) is 0 Å². The smallest absolute Gasteiger partial charge is 0.0420 e. The molecule has 0 heterocycles. The van der Waals surface area contributed by atoms with E-state index in [2.05, 4.69) is 117 Å². The molecule has 0 saturated heterocycles. The van der Waals surface area contributed by atoms with Crippen molar-refractivity contribution < 1.29 is 0 Å². The first-order valence-electron chi connectivity index (χ1n) is 10.2. The molecular formula is C28H25N. The standard InChI is InChI=1S/C28H25N/c1-19-16-26-24(23-14-7-8-15-25(23)28(26,2)3)18-27(19)29-22-13-9-12-21(17-22)20-10-5-4-6-11-20/h4-18,29H,1-3H3. The van der Waals surface area contributed by atoms with Crippen molar-refractivity contribution in [2.45, 2.75) is 26.2 Å². The Bertz CT molecular complexity index is 1200. The van der Waals surface area contributed by atoms with Gasteiger partial charge >= 0.3 is 0 Å². The van der Waals surface area contributed by atoms with Crippen LogP contribution in [0.3, 0.4) is 0 Å². The van der Waals surface area contributed by atoms with Crippen LogP contribution in [0.4, 0.5) is 11.4 Å². The highest BCUT2D eigenvalue weighted by Crippen LogP contribution is 2.50. The Kier molecular flexibility index (Phi) is 4.06. The first kappa shape index (κ1) is 17.8. The van der Waals surface area contributed by atoms with E-state index in [1.54, 1.807) is 0 Å². The second-order valence-electron chi connectivity index (χ2n) is 8.46. The molecule has 0 aliphatic heterocycles. The largest absolute Gasteiger partial charge is 0.355 e. The maximum absolute atomic E-state index is 3.67. The molecule has 29 heavy (non-hydrogen) atoms. The van der Waals surface area contributed by atoms with Gasteiger partial charge in [-0.3, -0.25) is 0 Å². The number of hydrogen-bond acceptors (Lipinski definition) is 1. The lowest BCUT2D eigenvalue weighted by atomic mass is 9.82. The third-order valence-corrected chi connectivity index (χ3v) is 6.18. The molecule has 1 N–H and O–H groups in total. The first-order chi connectivity index (χ1) is 14.0. The molecule has 4 aromatic carbocycles. The zero-order chi connectivity index (χ0) is 20.0. The number of rotatable bonds is 3. The first-order valence-corrected chi connectivity index (χ1v) is 10.2. The van der Waals surface area contributed by atoms with Gasteiger partial charge in [-0.15, -0.1) is 0 Å². The summed E-state index contributed by atoms with van der Waals surface area (Å²) in [7, 11) is 0. The van der Waals surface area contributed by atoms with Crippen molar-refractivity contribution in [3.63, 3.8) is 0 Å². The molecule has 4 aromatic rings. The Morgan fingerprint density at radius 1 is 0.621 bits per heavy atom. The molecule has 0 fully saturated rings. The third kappa shape index (κ3) is 2.94. The van der Waals surface area contributed by atoms with Crippen LogP contribution in [0.25, 0.3) is 22.3 Å². The zero-order valence-corrected chi connectivity index (χ0v) is 17.2. The highest BCUT2D eigenvalue weighted by atomic mass is 14.9. The van der Waals surface area contributed by atoms with Gasteiger partial charge in [0.2, 0.25) is 0 Å². The SMILES string of the molecule is Cc1cc2c(cc1Nc1cccc(-c3ccccc3)c1)-c1ccccc1C2(C)C. The van der Waals surface area contributed by atoms with E-state index in [-0.39, 0.29) is 5.41 Å². The van der Waals surface area contributed by atoms with Gasteiger partial charge in [0, 0.05) is 16.8 Å². The van der Waals surface area contributed by atoms with Gasteiger partial charge in [0.1, 0.15) is 0 Å². The molecule has 5 rings (SSSR count). The van der Waals surface area contributed by atoms with E-state index in [1.165, 1.54) is 44.6 Å². The highest BCUT2D eigenvalue weighted by Gasteiger charge is 2.35. The van der Waals surface area contributed by atoms with Crippen molar-refractivity contribution in [3.8, 4) is 22.3 Å². The van der Waals surface area contributed by atoms with Gasteiger partial charge in [-0.05, 0) is 64.1 Å². The quantitative estimate of drug-likeness (QED) is 0.386. The summed E-state index contributed by atoms with van der Waals surface area (Å²) in [5.41, 5.74) is 11.6. The normalized spacial score (nSPS) is 13.6. The molecule has 0 unspecified atom stereocenters. The monoisotopic (exact) mass is 375 g/mol.